The van der Waals surface area contributed by atoms with Gasteiger partial charge in [-0.2, -0.15) is 5.10 Å². The van der Waals surface area contributed by atoms with Crippen LogP contribution in [0.5, 0.6) is 0 Å². The van der Waals surface area contributed by atoms with Crippen LogP contribution in [0.15, 0.2) is 53.7 Å². The number of aryl methyl sites for hydroxylation is 3. The van der Waals surface area contributed by atoms with Crippen LogP contribution in [-0.4, -0.2) is 47.6 Å². The maximum atomic E-state index is 12.8. The number of rotatable bonds is 7. The summed E-state index contributed by atoms with van der Waals surface area (Å²) in [5.74, 6) is -0.280. The van der Waals surface area contributed by atoms with Crippen LogP contribution in [0, 0.1) is 20.8 Å². The standard InChI is InChI=1S/C23H24N8O2S/c1-14-5-11-19(12-6-14)31-16(3)21(15(2)27-31)25-22(33)17-7-9-18(10-8-17)24-20(32)13-34-23-26-28-29-30(23)4/h5-12H,13H2,1-4H3,(H,24,32)(H,25,33). The molecule has 0 saturated heterocycles. The van der Waals surface area contributed by atoms with Crippen molar-refractivity contribution in [2.24, 2.45) is 7.05 Å². The zero-order chi connectivity index (χ0) is 24.2. The summed E-state index contributed by atoms with van der Waals surface area (Å²) in [7, 11) is 1.71. The number of benzene rings is 2. The van der Waals surface area contributed by atoms with Crippen LogP contribution >= 0.6 is 11.8 Å². The Morgan fingerprint density at radius 1 is 0.971 bits per heavy atom. The number of hydrogen-bond donors (Lipinski definition) is 2. The summed E-state index contributed by atoms with van der Waals surface area (Å²) in [6.45, 7) is 5.81. The molecule has 2 heterocycles. The number of amides is 2. The zero-order valence-corrected chi connectivity index (χ0v) is 20.1. The van der Waals surface area contributed by atoms with Gasteiger partial charge in [-0.15, -0.1) is 5.10 Å². The highest BCUT2D eigenvalue weighted by Gasteiger charge is 2.16. The molecular formula is C23H24N8O2S. The Labute approximate surface area is 200 Å². The topological polar surface area (TPSA) is 120 Å². The molecule has 10 nitrogen and oxygen atoms in total. The Bertz CT molecular complexity index is 1330. The summed E-state index contributed by atoms with van der Waals surface area (Å²) in [6, 6.07) is 14.8. The van der Waals surface area contributed by atoms with Gasteiger partial charge in [-0.25, -0.2) is 9.36 Å². The van der Waals surface area contributed by atoms with Crippen molar-refractivity contribution in [1.29, 1.82) is 0 Å². The molecule has 0 aliphatic heterocycles. The van der Waals surface area contributed by atoms with E-state index < -0.39 is 0 Å². The van der Waals surface area contributed by atoms with Crippen LogP contribution < -0.4 is 10.6 Å². The van der Waals surface area contributed by atoms with E-state index in [-0.39, 0.29) is 17.6 Å². The Balaban J connectivity index is 1.39. The van der Waals surface area contributed by atoms with Crippen LogP contribution in [0.3, 0.4) is 0 Å². The lowest BCUT2D eigenvalue weighted by Gasteiger charge is -2.09. The maximum Gasteiger partial charge on any atom is 0.255 e. The molecule has 2 aromatic heterocycles. The van der Waals surface area contributed by atoms with E-state index in [1.54, 1.807) is 31.3 Å². The van der Waals surface area contributed by atoms with E-state index in [9.17, 15) is 9.59 Å². The minimum absolute atomic E-state index is 0.167. The van der Waals surface area contributed by atoms with Gasteiger partial charge in [0.25, 0.3) is 5.91 Å². The summed E-state index contributed by atoms with van der Waals surface area (Å²) in [5.41, 5.74) is 5.41. The van der Waals surface area contributed by atoms with Crippen molar-refractivity contribution < 1.29 is 9.59 Å². The number of carbonyl (C=O) groups is 2. The fourth-order valence-corrected chi connectivity index (χ4v) is 3.97. The van der Waals surface area contributed by atoms with Gasteiger partial charge in [0.1, 0.15) is 0 Å². The molecule has 0 atom stereocenters. The van der Waals surface area contributed by atoms with Gasteiger partial charge in [0, 0.05) is 18.3 Å². The van der Waals surface area contributed by atoms with Crippen molar-refractivity contribution >= 4 is 35.0 Å². The van der Waals surface area contributed by atoms with E-state index in [2.05, 4.69) is 31.3 Å². The Morgan fingerprint density at radius 2 is 1.68 bits per heavy atom. The van der Waals surface area contributed by atoms with Crippen molar-refractivity contribution in [3.63, 3.8) is 0 Å². The number of thioether (sulfide) groups is 1. The van der Waals surface area contributed by atoms with Gasteiger partial charge in [0.2, 0.25) is 11.1 Å². The van der Waals surface area contributed by atoms with Crippen molar-refractivity contribution in [1.82, 2.24) is 30.0 Å². The SMILES string of the molecule is Cc1ccc(-n2nc(C)c(NC(=O)c3ccc(NC(=O)CSc4nnnn4C)cc3)c2C)cc1. The van der Waals surface area contributed by atoms with Gasteiger partial charge in [-0.05, 0) is 67.6 Å². The molecule has 34 heavy (non-hydrogen) atoms. The molecule has 0 aliphatic rings. The first-order valence-corrected chi connectivity index (χ1v) is 11.5. The van der Waals surface area contributed by atoms with E-state index in [1.807, 2.05) is 49.7 Å². The van der Waals surface area contributed by atoms with Crippen LogP contribution in [0.2, 0.25) is 0 Å². The molecule has 0 radical (unpaired) electrons. The first-order chi connectivity index (χ1) is 16.3. The average Bonchev–Trinajstić information content (AvgIpc) is 3.36. The highest BCUT2D eigenvalue weighted by atomic mass is 32.2. The van der Waals surface area contributed by atoms with Gasteiger partial charge in [0.05, 0.1) is 28.5 Å². The molecule has 0 spiro atoms. The Hall–Kier alpha value is -3.99. The second kappa shape index (κ2) is 9.87. The van der Waals surface area contributed by atoms with E-state index in [1.165, 1.54) is 22.0 Å². The second-order valence-corrected chi connectivity index (χ2v) is 8.69. The van der Waals surface area contributed by atoms with Crippen molar-refractivity contribution in [3.05, 3.63) is 71.0 Å². The summed E-state index contributed by atoms with van der Waals surface area (Å²) >= 11 is 1.24. The quantitative estimate of drug-likeness (QED) is 0.393. The van der Waals surface area contributed by atoms with E-state index in [0.717, 1.165) is 17.1 Å². The molecule has 11 heteroatoms. The zero-order valence-electron chi connectivity index (χ0n) is 19.2. The third kappa shape index (κ3) is 5.15. The molecular weight excluding hydrogens is 452 g/mol. The molecule has 2 N–H and O–H groups in total. The van der Waals surface area contributed by atoms with Crippen molar-refractivity contribution in [3.8, 4) is 5.69 Å². The molecule has 4 aromatic rings. The fourth-order valence-electron chi connectivity index (χ4n) is 3.32. The summed E-state index contributed by atoms with van der Waals surface area (Å²) in [5, 5.41) is 22.0. The molecule has 4 rings (SSSR count). The highest BCUT2D eigenvalue weighted by Crippen LogP contribution is 2.24. The normalized spacial score (nSPS) is 10.8. The monoisotopic (exact) mass is 476 g/mol. The van der Waals surface area contributed by atoms with Gasteiger partial charge >= 0.3 is 0 Å². The maximum absolute atomic E-state index is 12.8. The Kier molecular flexibility index (Phi) is 6.73. The van der Waals surface area contributed by atoms with Gasteiger partial charge in [-0.3, -0.25) is 9.59 Å². The molecule has 174 valence electrons. The molecule has 0 fully saturated rings. The number of hydrogen-bond acceptors (Lipinski definition) is 7. The molecule has 0 aliphatic carbocycles. The number of aromatic nitrogens is 6. The van der Waals surface area contributed by atoms with Gasteiger partial charge in [-0.1, -0.05) is 29.5 Å². The minimum Gasteiger partial charge on any atom is -0.325 e. The van der Waals surface area contributed by atoms with E-state index in [0.29, 0.717) is 22.1 Å². The van der Waals surface area contributed by atoms with Crippen LogP contribution in [0.4, 0.5) is 11.4 Å². The molecule has 0 unspecified atom stereocenters. The lowest BCUT2D eigenvalue weighted by molar-refractivity contribution is -0.113. The number of nitrogens with zero attached hydrogens (tertiary/aromatic N) is 6. The number of carbonyl (C=O) groups excluding carboxylic acids is 2. The molecule has 2 aromatic carbocycles. The van der Waals surface area contributed by atoms with Crippen LogP contribution in [0.25, 0.3) is 5.69 Å². The minimum atomic E-state index is -0.252. The first-order valence-electron chi connectivity index (χ1n) is 10.5. The number of anilines is 2. The van der Waals surface area contributed by atoms with E-state index >= 15 is 0 Å². The third-order valence-electron chi connectivity index (χ3n) is 5.15. The number of nitrogens with one attached hydrogen (secondary N) is 2. The van der Waals surface area contributed by atoms with Crippen LogP contribution in [0.1, 0.15) is 27.3 Å². The number of tetrazole rings is 1. The molecule has 0 saturated carbocycles. The summed E-state index contributed by atoms with van der Waals surface area (Å²) in [4.78, 5) is 25.0. The average molecular weight is 477 g/mol. The summed E-state index contributed by atoms with van der Waals surface area (Å²) in [6.07, 6.45) is 0. The first kappa shape index (κ1) is 23.2. The van der Waals surface area contributed by atoms with Crippen molar-refractivity contribution in [2.75, 3.05) is 16.4 Å². The third-order valence-corrected chi connectivity index (χ3v) is 6.16. The largest absolute Gasteiger partial charge is 0.325 e. The predicted octanol–water partition coefficient (Wildman–Crippen LogP) is 3.30. The second-order valence-electron chi connectivity index (χ2n) is 7.75. The van der Waals surface area contributed by atoms with Gasteiger partial charge in [0.15, 0.2) is 0 Å². The fraction of sp³-hybridized carbons (Fsp3) is 0.217. The molecule has 0 bridgehead atoms. The lowest BCUT2D eigenvalue weighted by Crippen LogP contribution is -2.15. The van der Waals surface area contributed by atoms with Crippen molar-refractivity contribution in [2.45, 2.75) is 25.9 Å². The lowest BCUT2D eigenvalue weighted by atomic mass is 10.2. The predicted molar refractivity (Wildman–Crippen MR) is 130 cm³/mol. The molecule has 2 amide bonds. The highest BCUT2D eigenvalue weighted by molar-refractivity contribution is 7.99. The smallest absolute Gasteiger partial charge is 0.255 e. The van der Waals surface area contributed by atoms with Gasteiger partial charge < -0.3 is 10.6 Å². The van der Waals surface area contributed by atoms with Crippen LogP contribution in [-0.2, 0) is 11.8 Å². The Morgan fingerprint density at radius 3 is 2.32 bits per heavy atom. The summed E-state index contributed by atoms with van der Waals surface area (Å²) < 4.78 is 3.32. The van der Waals surface area contributed by atoms with E-state index in [4.69, 9.17) is 0 Å².